The Balaban J connectivity index is 1.76. The van der Waals surface area contributed by atoms with Crippen molar-refractivity contribution < 1.29 is 23.4 Å². The molecule has 3 rings (SSSR count). The lowest BCUT2D eigenvalue weighted by molar-refractivity contribution is 0.0767. The zero-order valence-electron chi connectivity index (χ0n) is 18.1. The Bertz CT molecular complexity index is 1210. The summed E-state index contributed by atoms with van der Waals surface area (Å²) in [6.45, 7) is 1.99. The smallest absolute Gasteiger partial charge is 0.269 e. The predicted octanol–water partition coefficient (Wildman–Crippen LogP) is 3.89. The van der Waals surface area contributed by atoms with Gasteiger partial charge in [-0.05, 0) is 52.7 Å². The molecule has 6 nitrogen and oxygen atoms in total. The van der Waals surface area contributed by atoms with Gasteiger partial charge in [0, 0.05) is 42.5 Å². The van der Waals surface area contributed by atoms with E-state index in [1.807, 2.05) is 0 Å². The Kier molecular flexibility index (Phi) is 7.99. The molecule has 0 spiro atoms. The first kappa shape index (κ1) is 24.6. The summed E-state index contributed by atoms with van der Waals surface area (Å²) in [7, 11) is 1.61. The fourth-order valence-electron chi connectivity index (χ4n) is 3.22. The summed E-state index contributed by atoms with van der Waals surface area (Å²) in [5.74, 6) is -1.35. The summed E-state index contributed by atoms with van der Waals surface area (Å²) < 4.78 is 34.3. The van der Waals surface area contributed by atoms with Crippen molar-refractivity contribution in [3.8, 4) is 5.75 Å². The maximum absolute atomic E-state index is 13.8. The lowest BCUT2D eigenvalue weighted by Crippen LogP contribution is -2.29. The molecule has 0 saturated carbocycles. The first-order chi connectivity index (χ1) is 15.7. The standard InChI is InChI=1S/C24H23BrF2N2O4/c1-15-11-21(33-14-18-7-8-19(26)12-20(18)27)22(25)24(32)29(15)13-16-3-5-17(6-4-16)23(31)28(2)9-10-30/h3-8,11-12,30H,9-10,13-14H2,1-2H3. The van der Waals surface area contributed by atoms with Gasteiger partial charge in [0.25, 0.3) is 11.5 Å². The van der Waals surface area contributed by atoms with Gasteiger partial charge in [-0.1, -0.05) is 12.1 Å². The van der Waals surface area contributed by atoms with Gasteiger partial charge in [0.2, 0.25) is 0 Å². The summed E-state index contributed by atoms with van der Waals surface area (Å²) in [6, 6.07) is 11.8. The number of carbonyl (C=O) groups is 1. The zero-order valence-corrected chi connectivity index (χ0v) is 19.7. The highest BCUT2D eigenvalue weighted by atomic mass is 79.9. The minimum Gasteiger partial charge on any atom is -0.487 e. The maximum atomic E-state index is 13.8. The number of aromatic nitrogens is 1. The highest BCUT2D eigenvalue weighted by Gasteiger charge is 2.15. The number of nitrogens with zero attached hydrogens (tertiary/aromatic N) is 2. The molecule has 0 saturated heterocycles. The number of ether oxygens (including phenoxy) is 1. The molecule has 0 atom stereocenters. The van der Waals surface area contributed by atoms with Gasteiger partial charge in [-0.3, -0.25) is 9.59 Å². The number of likely N-dealkylation sites (N-methyl/N-ethyl adjacent to an activating group) is 1. The van der Waals surface area contributed by atoms with E-state index in [1.54, 1.807) is 48.9 Å². The van der Waals surface area contributed by atoms with Gasteiger partial charge in [0.1, 0.15) is 28.5 Å². The third-order valence-corrected chi connectivity index (χ3v) is 5.87. The SMILES string of the molecule is Cc1cc(OCc2ccc(F)cc2F)c(Br)c(=O)n1Cc1ccc(C(=O)N(C)CCO)cc1. The quantitative estimate of drug-likeness (QED) is 0.489. The van der Waals surface area contributed by atoms with Crippen LogP contribution in [0.5, 0.6) is 5.75 Å². The van der Waals surface area contributed by atoms with Crippen LogP contribution in [-0.2, 0) is 13.2 Å². The van der Waals surface area contributed by atoms with Crippen molar-refractivity contribution in [3.05, 3.63) is 97.4 Å². The summed E-state index contributed by atoms with van der Waals surface area (Å²) in [5.41, 5.74) is 1.77. The molecule has 9 heteroatoms. The molecule has 1 amide bonds. The van der Waals surface area contributed by atoms with Crippen LogP contribution in [0.25, 0.3) is 0 Å². The van der Waals surface area contributed by atoms with Crippen LogP contribution in [0.1, 0.15) is 27.2 Å². The van der Waals surface area contributed by atoms with Gasteiger partial charge >= 0.3 is 0 Å². The van der Waals surface area contributed by atoms with Crippen molar-refractivity contribution in [2.75, 3.05) is 20.2 Å². The third kappa shape index (κ3) is 5.85. The van der Waals surface area contributed by atoms with Gasteiger partial charge in [0.15, 0.2) is 0 Å². The summed E-state index contributed by atoms with van der Waals surface area (Å²) in [4.78, 5) is 26.6. The second-order valence-corrected chi connectivity index (χ2v) is 8.32. The van der Waals surface area contributed by atoms with E-state index in [9.17, 15) is 18.4 Å². The molecule has 0 bridgehead atoms. The first-order valence-electron chi connectivity index (χ1n) is 10.1. The number of aliphatic hydroxyl groups excluding tert-OH is 1. The lowest BCUT2D eigenvalue weighted by atomic mass is 10.1. The van der Waals surface area contributed by atoms with E-state index in [0.717, 1.165) is 17.7 Å². The van der Waals surface area contributed by atoms with Crippen LogP contribution >= 0.6 is 15.9 Å². The largest absolute Gasteiger partial charge is 0.487 e. The Morgan fingerprint density at radius 3 is 2.48 bits per heavy atom. The number of rotatable bonds is 8. The van der Waals surface area contributed by atoms with Crippen LogP contribution in [-0.4, -0.2) is 40.7 Å². The number of aryl methyl sites for hydroxylation is 1. The number of hydrogen-bond acceptors (Lipinski definition) is 4. The highest BCUT2D eigenvalue weighted by molar-refractivity contribution is 9.10. The maximum Gasteiger partial charge on any atom is 0.269 e. The van der Waals surface area contributed by atoms with E-state index in [4.69, 9.17) is 9.84 Å². The van der Waals surface area contributed by atoms with Gasteiger partial charge < -0.3 is 19.3 Å². The monoisotopic (exact) mass is 520 g/mol. The third-order valence-electron chi connectivity index (χ3n) is 5.14. The number of benzene rings is 2. The van der Waals surface area contributed by atoms with Crippen molar-refractivity contribution in [1.29, 1.82) is 0 Å². The number of carbonyl (C=O) groups excluding carboxylic acids is 1. The first-order valence-corrected chi connectivity index (χ1v) is 10.9. The summed E-state index contributed by atoms with van der Waals surface area (Å²) in [6.07, 6.45) is 0. The van der Waals surface area contributed by atoms with Crippen molar-refractivity contribution in [1.82, 2.24) is 9.47 Å². The molecule has 0 aliphatic heterocycles. The second-order valence-electron chi connectivity index (χ2n) is 7.53. The predicted molar refractivity (Wildman–Crippen MR) is 123 cm³/mol. The normalized spacial score (nSPS) is 10.8. The van der Waals surface area contributed by atoms with Gasteiger partial charge in [-0.2, -0.15) is 0 Å². The van der Waals surface area contributed by atoms with Gasteiger partial charge in [-0.25, -0.2) is 8.78 Å². The molecule has 0 fully saturated rings. The van der Waals surface area contributed by atoms with E-state index in [2.05, 4.69) is 15.9 Å². The molecule has 3 aromatic rings. The Labute approximate surface area is 198 Å². The van der Waals surface area contributed by atoms with Crippen LogP contribution in [0.15, 0.2) is 57.8 Å². The Morgan fingerprint density at radius 2 is 1.85 bits per heavy atom. The van der Waals surface area contributed by atoms with Crippen LogP contribution < -0.4 is 10.3 Å². The molecule has 0 aliphatic rings. The van der Waals surface area contributed by atoms with Gasteiger partial charge in [0.05, 0.1) is 13.2 Å². The summed E-state index contributed by atoms with van der Waals surface area (Å²) in [5, 5.41) is 8.98. The lowest BCUT2D eigenvalue weighted by Gasteiger charge is -2.17. The molecule has 1 heterocycles. The van der Waals surface area contributed by atoms with E-state index >= 15 is 0 Å². The average Bonchev–Trinajstić information content (AvgIpc) is 2.79. The number of aliphatic hydroxyl groups is 1. The zero-order chi connectivity index (χ0) is 24.1. The number of amides is 1. The molecule has 174 valence electrons. The summed E-state index contributed by atoms with van der Waals surface area (Å²) >= 11 is 3.26. The Morgan fingerprint density at radius 1 is 1.15 bits per heavy atom. The van der Waals surface area contributed by atoms with Crippen LogP contribution in [0.3, 0.4) is 0 Å². The van der Waals surface area contributed by atoms with Crippen LogP contribution in [0.2, 0.25) is 0 Å². The van der Waals surface area contributed by atoms with Gasteiger partial charge in [-0.15, -0.1) is 0 Å². The number of halogens is 3. The molecule has 0 aliphatic carbocycles. The van der Waals surface area contributed by atoms with Crippen molar-refractivity contribution in [2.24, 2.45) is 0 Å². The van der Waals surface area contributed by atoms with E-state index in [0.29, 0.717) is 11.3 Å². The van der Waals surface area contributed by atoms with Crippen LogP contribution in [0, 0.1) is 18.6 Å². The minimum atomic E-state index is -0.722. The van der Waals surface area contributed by atoms with E-state index < -0.39 is 11.6 Å². The molecular formula is C24H23BrF2N2O4. The molecule has 1 N–H and O–H groups in total. The molecule has 0 unspecified atom stereocenters. The number of pyridine rings is 1. The fraction of sp³-hybridized carbons (Fsp3) is 0.250. The number of hydrogen-bond donors (Lipinski definition) is 1. The molecule has 0 radical (unpaired) electrons. The van der Waals surface area contributed by atoms with Crippen molar-refractivity contribution in [3.63, 3.8) is 0 Å². The molecule has 33 heavy (non-hydrogen) atoms. The van der Waals surface area contributed by atoms with Crippen molar-refractivity contribution >= 4 is 21.8 Å². The molecule has 2 aromatic carbocycles. The Hall–Kier alpha value is -3.04. The van der Waals surface area contributed by atoms with Crippen molar-refractivity contribution in [2.45, 2.75) is 20.1 Å². The molecule has 1 aromatic heterocycles. The van der Waals surface area contributed by atoms with E-state index in [1.165, 1.54) is 11.0 Å². The van der Waals surface area contributed by atoms with E-state index in [-0.39, 0.29) is 53.6 Å². The minimum absolute atomic E-state index is 0.115. The molecular weight excluding hydrogens is 498 g/mol. The second kappa shape index (κ2) is 10.7. The topological polar surface area (TPSA) is 71.8 Å². The fourth-order valence-corrected chi connectivity index (χ4v) is 3.66. The highest BCUT2D eigenvalue weighted by Crippen LogP contribution is 2.24. The van der Waals surface area contributed by atoms with Crippen LogP contribution in [0.4, 0.5) is 8.78 Å². The average molecular weight is 521 g/mol.